The van der Waals surface area contributed by atoms with Gasteiger partial charge in [-0.25, -0.2) is 22.2 Å². The first-order valence-corrected chi connectivity index (χ1v) is 7.25. The van der Waals surface area contributed by atoms with Crippen LogP contribution in [0, 0.1) is 11.6 Å². The number of pyridine rings is 1. The standard InChI is InChI=1S/C12H10F2N2O3S/c1-20(17,18)11-3-2-4-16-12(11)19-10-6-7(13)9(15)5-8(10)14/h2-6H,15H2,1H3. The number of hydrogen-bond donors (Lipinski definition) is 1. The summed E-state index contributed by atoms with van der Waals surface area (Å²) in [5.41, 5.74) is 4.82. The van der Waals surface area contributed by atoms with E-state index in [2.05, 4.69) is 4.98 Å². The van der Waals surface area contributed by atoms with Gasteiger partial charge in [0.2, 0.25) is 5.88 Å². The fourth-order valence-corrected chi connectivity index (χ4v) is 2.20. The predicted octanol–water partition coefficient (Wildman–Crippen LogP) is 2.14. The molecule has 0 atom stereocenters. The number of halogens is 2. The monoisotopic (exact) mass is 300 g/mol. The molecule has 0 saturated carbocycles. The van der Waals surface area contributed by atoms with Crippen molar-refractivity contribution in [3.63, 3.8) is 0 Å². The Kier molecular flexibility index (Phi) is 3.58. The number of sulfone groups is 1. The molecule has 1 aromatic carbocycles. The van der Waals surface area contributed by atoms with Gasteiger partial charge in [0.25, 0.3) is 0 Å². The average Bonchev–Trinajstić information content (AvgIpc) is 2.35. The van der Waals surface area contributed by atoms with Gasteiger partial charge in [0.05, 0.1) is 5.69 Å². The second-order valence-corrected chi connectivity index (χ2v) is 5.97. The number of ether oxygens (including phenoxy) is 1. The molecule has 0 fully saturated rings. The molecule has 2 rings (SSSR count). The summed E-state index contributed by atoms with van der Waals surface area (Å²) in [6.07, 6.45) is 2.23. The maximum Gasteiger partial charge on any atom is 0.238 e. The van der Waals surface area contributed by atoms with Gasteiger partial charge in [-0.2, -0.15) is 0 Å². The quantitative estimate of drug-likeness (QED) is 0.878. The Balaban J connectivity index is 2.49. The van der Waals surface area contributed by atoms with Gasteiger partial charge >= 0.3 is 0 Å². The van der Waals surface area contributed by atoms with Crippen LogP contribution in [-0.2, 0) is 9.84 Å². The molecule has 0 radical (unpaired) electrons. The third kappa shape index (κ3) is 2.85. The zero-order valence-corrected chi connectivity index (χ0v) is 11.1. The van der Waals surface area contributed by atoms with Crippen molar-refractivity contribution in [2.24, 2.45) is 0 Å². The Hall–Kier alpha value is -2.22. The molecule has 0 aliphatic carbocycles. The van der Waals surface area contributed by atoms with Crippen LogP contribution in [0.5, 0.6) is 11.6 Å². The molecule has 2 N–H and O–H groups in total. The molecule has 0 saturated heterocycles. The highest BCUT2D eigenvalue weighted by atomic mass is 32.2. The topological polar surface area (TPSA) is 82.3 Å². The zero-order chi connectivity index (χ0) is 14.9. The summed E-state index contributed by atoms with van der Waals surface area (Å²) < 4.78 is 55.0. The number of nitrogens with zero attached hydrogens (tertiary/aromatic N) is 1. The molecule has 20 heavy (non-hydrogen) atoms. The second kappa shape index (κ2) is 5.04. The van der Waals surface area contributed by atoms with E-state index >= 15 is 0 Å². The number of nitrogens with two attached hydrogens (primary N) is 1. The summed E-state index contributed by atoms with van der Waals surface area (Å²) in [4.78, 5) is 3.49. The molecule has 0 aliphatic heterocycles. The van der Waals surface area contributed by atoms with E-state index in [1.54, 1.807) is 0 Å². The highest BCUT2D eigenvalue weighted by molar-refractivity contribution is 7.90. The molecule has 1 heterocycles. The van der Waals surface area contributed by atoms with Crippen molar-refractivity contribution in [3.05, 3.63) is 42.1 Å². The van der Waals surface area contributed by atoms with E-state index < -0.39 is 27.2 Å². The van der Waals surface area contributed by atoms with Crippen molar-refractivity contribution < 1.29 is 21.9 Å². The van der Waals surface area contributed by atoms with Gasteiger partial charge in [0.1, 0.15) is 10.7 Å². The smallest absolute Gasteiger partial charge is 0.238 e. The van der Waals surface area contributed by atoms with Gasteiger partial charge in [-0.3, -0.25) is 0 Å². The molecular weight excluding hydrogens is 290 g/mol. The van der Waals surface area contributed by atoms with Crippen molar-refractivity contribution in [2.45, 2.75) is 4.90 Å². The van der Waals surface area contributed by atoms with E-state index in [9.17, 15) is 17.2 Å². The van der Waals surface area contributed by atoms with Crippen molar-refractivity contribution in [3.8, 4) is 11.6 Å². The van der Waals surface area contributed by atoms with Gasteiger partial charge in [-0.05, 0) is 12.1 Å². The van der Waals surface area contributed by atoms with Gasteiger partial charge in [0.15, 0.2) is 21.4 Å². The molecule has 0 bridgehead atoms. The SMILES string of the molecule is CS(=O)(=O)c1cccnc1Oc1cc(F)c(N)cc1F. The van der Waals surface area contributed by atoms with E-state index in [1.165, 1.54) is 18.3 Å². The fraction of sp³-hybridized carbons (Fsp3) is 0.0833. The molecule has 0 amide bonds. The number of benzene rings is 1. The summed E-state index contributed by atoms with van der Waals surface area (Å²) in [5.74, 6) is -2.63. The van der Waals surface area contributed by atoms with Gasteiger partial charge < -0.3 is 10.5 Å². The first-order chi connectivity index (χ1) is 9.29. The molecule has 0 aliphatic rings. The minimum absolute atomic E-state index is 0.225. The highest BCUT2D eigenvalue weighted by Gasteiger charge is 2.18. The lowest BCUT2D eigenvalue weighted by molar-refractivity contribution is 0.412. The average molecular weight is 300 g/mol. The van der Waals surface area contributed by atoms with Crippen LogP contribution in [0.1, 0.15) is 0 Å². The largest absolute Gasteiger partial charge is 0.434 e. The van der Waals surface area contributed by atoms with Gasteiger partial charge in [0, 0.05) is 24.6 Å². The van der Waals surface area contributed by atoms with Crippen molar-refractivity contribution in [1.29, 1.82) is 0 Å². The lowest BCUT2D eigenvalue weighted by atomic mass is 10.3. The normalized spacial score (nSPS) is 11.3. The molecule has 1 aromatic heterocycles. The summed E-state index contributed by atoms with van der Waals surface area (Å²) >= 11 is 0. The number of nitrogen functional groups attached to an aromatic ring is 1. The Labute approximate surface area is 113 Å². The zero-order valence-electron chi connectivity index (χ0n) is 10.3. The number of anilines is 1. The molecule has 106 valence electrons. The van der Waals surface area contributed by atoms with E-state index in [1.807, 2.05) is 0 Å². The van der Waals surface area contributed by atoms with Crippen LogP contribution in [0.3, 0.4) is 0 Å². The van der Waals surface area contributed by atoms with Crippen molar-refractivity contribution in [2.75, 3.05) is 12.0 Å². The first kappa shape index (κ1) is 14.2. The third-order valence-electron chi connectivity index (χ3n) is 2.39. The van der Waals surface area contributed by atoms with Crippen LogP contribution in [0.4, 0.5) is 14.5 Å². The van der Waals surface area contributed by atoms with Crippen LogP contribution in [0.15, 0.2) is 35.4 Å². The Bertz CT molecular complexity index is 763. The van der Waals surface area contributed by atoms with Crippen molar-refractivity contribution in [1.82, 2.24) is 4.98 Å². The maximum absolute atomic E-state index is 13.6. The lowest BCUT2D eigenvalue weighted by Gasteiger charge is -2.10. The van der Waals surface area contributed by atoms with Crippen molar-refractivity contribution >= 4 is 15.5 Å². The molecule has 0 unspecified atom stereocenters. The number of rotatable bonds is 3. The Morgan fingerprint density at radius 3 is 2.60 bits per heavy atom. The van der Waals surface area contributed by atoms with E-state index in [4.69, 9.17) is 10.5 Å². The second-order valence-electron chi connectivity index (χ2n) is 3.99. The van der Waals surface area contributed by atoms with Crippen LogP contribution in [-0.4, -0.2) is 19.7 Å². The first-order valence-electron chi connectivity index (χ1n) is 5.36. The van der Waals surface area contributed by atoms with Crippen LogP contribution >= 0.6 is 0 Å². The third-order valence-corrected chi connectivity index (χ3v) is 3.50. The summed E-state index contributed by atoms with van der Waals surface area (Å²) in [6, 6.07) is 4.12. The van der Waals surface area contributed by atoms with Crippen LogP contribution < -0.4 is 10.5 Å². The number of hydrogen-bond acceptors (Lipinski definition) is 5. The molecule has 5 nitrogen and oxygen atoms in total. The summed E-state index contributed by atoms with van der Waals surface area (Å²) in [6.45, 7) is 0. The molecule has 2 aromatic rings. The van der Waals surface area contributed by atoms with Crippen LogP contribution in [0.25, 0.3) is 0 Å². The minimum atomic E-state index is -3.61. The fourth-order valence-electron chi connectivity index (χ4n) is 1.46. The molecule has 8 heteroatoms. The van der Waals surface area contributed by atoms with E-state index in [-0.39, 0.29) is 16.5 Å². The molecular formula is C12H10F2N2O3S. The van der Waals surface area contributed by atoms with E-state index in [0.29, 0.717) is 0 Å². The van der Waals surface area contributed by atoms with Crippen LogP contribution in [0.2, 0.25) is 0 Å². The lowest BCUT2D eigenvalue weighted by Crippen LogP contribution is -2.03. The van der Waals surface area contributed by atoms with Gasteiger partial charge in [-0.1, -0.05) is 0 Å². The summed E-state index contributed by atoms with van der Waals surface area (Å²) in [7, 11) is -3.61. The highest BCUT2D eigenvalue weighted by Crippen LogP contribution is 2.30. The van der Waals surface area contributed by atoms with Gasteiger partial charge in [-0.15, -0.1) is 0 Å². The number of aromatic nitrogens is 1. The minimum Gasteiger partial charge on any atom is -0.434 e. The Morgan fingerprint density at radius 1 is 1.25 bits per heavy atom. The molecule has 0 spiro atoms. The maximum atomic E-state index is 13.6. The Morgan fingerprint density at radius 2 is 1.95 bits per heavy atom. The predicted molar refractivity (Wildman–Crippen MR) is 68.2 cm³/mol. The summed E-state index contributed by atoms with van der Waals surface area (Å²) in [5, 5.41) is 0. The van der Waals surface area contributed by atoms with E-state index in [0.717, 1.165) is 18.4 Å².